The lowest BCUT2D eigenvalue weighted by Crippen LogP contribution is -2.47. The van der Waals surface area contributed by atoms with Crippen LogP contribution in [-0.4, -0.2) is 50.3 Å². The van der Waals surface area contributed by atoms with Gasteiger partial charge in [0.05, 0.1) is 6.10 Å². The van der Waals surface area contributed by atoms with E-state index in [1.807, 2.05) is 24.6 Å². The second kappa shape index (κ2) is 6.23. The van der Waals surface area contributed by atoms with Crippen LogP contribution in [0, 0.1) is 5.41 Å². The van der Waals surface area contributed by atoms with Gasteiger partial charge in [0.25, 0.3) is 0 Å². The number of nitrogens with zero attached hydrogens (tertiary/aromatic N) is 3. The average Bonchev–Trinajstić information content (AvgIpc) is 3.06. The molecule has 21 heavy (non-hydrogen) atoms. The van der Waals surface area contributed by atoms with Gasteiger partial charge in [0.1, 0.15) is 0 Å². The van der Waals surface area contributed by atoms with Crippen LogP contribution in [-0.2, 0) is 11.3 Å². The lowest BCUT2D eigenvalue weighted by Gasteiger charge is -2.43. The van der Waals surface area contributed by atoms with Crippen LogP contribution >= 0.6 is 11.3 Å². The molecule has 2 fully saturated rings. The molecule has 2 heterocycles. The SMILES string of the molecule is CO[C@@H]1CCC[C@]12CCCN(Cc1cnc(N(C)C)s1)C2. The molecule has 1 aromatic heterocycles. The number of hydrogen-bond acceptors (Lipinski definition) is 5. The van der Waals surface area contributed by atoms with E-state index in [0.29, 0.717) is 11.5 Å². The number of piperidine rings is 1. The van der Waals surface area contributed by atoms with Crippen LogP contribution in [0.3, 0.4) is 0 Å². The standard InChI is InChI=1S/C16H27N3OS/c1-18(2)15-17-10-13(21-15)11-19-9-5-8-16(12-19)7-4-6-14(16)20-3/h10,14H,4-9,11-12H2,1-3H3/t14-,16-/m1/s1. The van der Waals surface area contributed by atoms with E-state index in [9.17, 15) is 0 Å². The molecule has 3 rings (SSSR count). The van der Waals surface area contributed by atoms with Gasteiger partial charge in [0.15, 0.2) is 5.13 Å². The summed E-state index contributed by atoms with van der Waals surface area (Å²) in [6.07, 6.45) is 9.08. The lowest BCUT2D eigenvalue weighted by atomic mass is 9.76. The highest BCUT2D eigenvalue weighted by Gasteiger charge is 2.45. The predicted molar refractivity (Wildman–Crippen MR) is 88.0 cm³/mol. The van der Waals surface area contributed by atoms with Crippen LogP contribution in [0.1, 0.15) is 37.0 Å². The predicted octanol–water partition coefficient (Wildman–Crippen LogP) is 2.99. The second-order valence-electron chi connectivity index (χ2n) is 6.80. The zero-order chi connectivity index (χ0) is 14.9. The maximum Gasteiger partial charge on any atom is 0.185 e. The minimum absolute atomic E-state index is 0.419. The minimum atomic E-state index is 0.419. The number of rotatable bonds is 4. The van der Waals surface area contributed by atoms with E-state index in [1.165, 1.54) is 50.1 Å². The van der Waals surface area contributed by atoms with Crippen LogP contribution in [0.4, 0.5) is 5.13 Å². The maximum absolute atomic E-state index is 5.80. The van der Waals surface area contributed by atoms with Crippen LogP contribution in [0.15, 0.2) is 6.20 Å². The fourth-order valence-electron chi connectivity index (χ4n) is 4.13. The summed E-state index contributed by atoms with van der Waals surface area (Å²) in [4.78, 5) is 10.6. The van der Waals surface area contributed by atoms with Crippen LogP contribution in [0.5, 0.6) is 0 Å². The first-order chi connectivity index (χ1) is 10.1. The van der Waals surface area contributed by atoms with Gasteiger partial charge in [-0.05, 0) is 32.2 Å². The molecular formula is C16H27N3OS. The van der Waals surface area contributed by atoms with Crippen molar-refractivity contribution in [3.8, 4) is 0 Å². The summed E-state index contributed by atoms with van der Waals surface area (Å²) >= 11 is 1.81. The molecule has 2 atom stereocenters. The molecule has 4 nitrogen and oxygen atoms in total. The van der Waals surface area contributed by atoms with Crippen LogP contribution in [0.25, 0.3) is 0 Å². The molecule has 0 radical (unpaired) electrons. The Morgan fingerprint density at radius 1 is 1.43 bits per heavy atom. The molecule has 1 saturated heterocycles. The second-order valence-corrected chi connectivity index (χ2v) is 7.89. The van der Waals surface area contributed by atoms with Gasteiger partial charge in [0.2, 0.25) is 0 Å². The van der Waals surface area contributed by atoms with E-state index < -0.39 is 0 Å². The van der Waals surface area contributed by atoms with E-state index in [-0.39, 0.29) is 0 Å². The summed E-state index contributed by atoms with van der Waals surface area (Å²) in [5, 5.41) is 1.10. The number of aromatic nitrogens is 1. The first kappa shape index (κ1) is 15.3. The van der Waals surface area contributed by atoms with Gasteiger partial charge >= 0.3 is 0 Å². The molecule has 0 aromatic carbocycles. The Morgan fingerprint density at radius 3 is 2.95 bits per heavy atom. The van der Waals surface area contributed by atoms with E-state index in [2.05, 4.69) is 28.9 Å². The zero-order valence-corrected chi connectivity index (χ0v) is 14.3. The fraction of sp³-hybridized carbons (Fsp3) is 0.812. The number of anilines is 1. The third-order valence-corrected chi connectivity index (χ3v) is 6.25. The molecule has 1 aromatic rings. The average molecular weight is 309 g/mol. The highest BCUT2D eigenvalue weighted by Crippen LogP contribution is 2.46. The summed E-state index contributed by atoms with van der Waals surface area (Å²) in [5.74, 6) is 0. The number of likely N-dealkylation sites (tertiary alicyclic amines) is 1. The van der Waals surface area contributed by atoms with Gasteiger partial charge < -0.3 is 9.64 Å². The Hall–Kier alpha value is -0.650. The van der Waals surface area contributed by atoms with Gasteiger partial charge in [-0.15, -0.1) is 11.3 Å². The van der Waals surface area contributed by atoms with E-state index in [0.717, 1.165) is 11.7 Å². The largest absolute Gasteiger partial charge is 0.381 e. The molecule has 5 heteroatoms. The molecular weight excluding hydrogens is 282 g/mol. The first-order valence-electron chi connectivity index (χ1n) is 8.00. The molecule has 1 aliphatic heterocycles. The Balaban J connectivity index is 1.66. The lowest BCUT2D eigenvalue weighted by molar-refractivity contribution is -0.0364. The van der Waals surface area contributed by atoms with Gasteiger partial charge in [-0.25, -0.2) is 4.98 Å². The van der Waals surface area contributed by atoms with Crippen molar-refractivity contribution in [3.05, 3.63) is 11.1 Å². The zero-order valence-electron chi connectivity index (χ0n) is 13.5. The molecule has 1 aliphatic carbocycles. The molecule has 0 bridgehead atoms. The summed E-state index contributed by atoms with van der Waals surface area (Å²) in [6, 6.07) is 0. The highest BCUT2D eigenvalue weighted by molar-refractivity contribution is 7.15. The molecule has 0 amide bonds. The van der Waals surface area contributed by atoms with Crippen molar-refractivity contribution in [2.45, 2.75) is 44.8 Å². The number of methoxy groups -OCH3 is 1. The van der Waals surface area contributed by atoms with Crippen molar-refractivity contribution in [1.82, 2.24) is 9.88 Å². The van der Waals surface area contributed by atoms with Gasteiger partial charge in [-0.1, -0.05) is 6.42 Å². The highest BCUT2D eigenvalue weighted by atomic mass is 32.1. The van der Waals surface area contributed by atoms with Crippen molar-refractivity contribution in [3.63, 3.8) is 0 Å². The van der Waals surface area contributed by atoms with Crippen LogP contribution in [0.2, 0.25) is 0 Å². The molecule has 1 saturated carbocycles. The number of hydrogen-bond donors (Lipinski definition) is 0. The third kappa shape index (κ3) is 3.10. The molecule has 2 aliphatic rings. The van der Waals surface area contributed by atoms with Crippen molar-refractivity contribution in [2.75, 3.05) is 39.2 Å². The Bertz CT molecular complexity index is 476. The Kier molecular flexibility index (Phi) is 4.52. The Labute approximate surface area is 132 Å². The molecule has 1 spiro atoms. The third-order valence-electron chi connectivity index (χ3n) is 5.10. The smallest absolute Gasteiger partial charge is 0.185 e. The summed E-state index contributed by atoms with van der Waals surface area (Å²) in [7, 11) is 6.00. The summed E-state index contributed by atoms with van der Waals surface area (Å²) in [6.45, 7) is 3.46. The fourth-order valence-corrected chi connectivity index (χ4v) is 5.01. The molecule has 0 N–H and O–H groups in total. The topological polar surface area (TPSA) is 28.6 Å². The summed E-state index contributed by atoms with van der Waals surface area (Å²) < 4.78 is 5.80. The van der Waals surface area contributed by atoms with Crippen molar-refractivity contribution < 1.29 is 4.74 Å². The number of thiazole rings is 1. The normalized spacial score (nSPS) is 30.1. The number of ether oxygens (including phenoxy) is 1. The maximum atomic E-state index is 5.80. The van der Waals surface area contributed by atoms with E-state index in [4.69, 9.17) is 4.74 Å². The van der Waals surface area contributed by atoms with Crippen molar-refractivity contribution >= 4 is 16.5 Å². The van der Waals surface area contributed by atoms with Gasteiger partial charge in [-0.2, -0.15) is 0 Å². The molecule has 0 unspecified atom stereocenters. The monoisotopic (exact) mass is 309 g/mol. The molecule has 118 valence electrons. The minimum Gasteiger partial charge on any atom is -0.381 e. The van der Waals surface area contributed by atoms with Crippen LogP contribution < -0.4 is 4.90 Å². The van der Waals surface area contributed by atoms with E-state index in [1.54, 1.807) is 0 Å². The Morgan fingerprint density at radius 2 is 2.24 bits per heavy atom. The first-order valence-corrected chi connectivity index (χ1v) is 8.82. The summed E-state index contributed by atoms with van der Waals surface area (Å²) in [5.41, 5.74) is 0.419. The van der Waals surface area contributed by atoms with E-state index >= 15 is 0 Å². The van der Waals surface area contributed by atoms with Gasteiger partial charge in [0, 0.05) is 50.8 Å². The van der Waals surface area contributed by atoms with Crippen molar-refractivity contribution in [2.24, 2.45) is 5.41 Å². The van der Waals surface area contributed by atoms with Gasteiger partial charge in [-0.3, -0.25) is 4.90 Å². The quantitative estimate of drug-likeness (QED) is 0.855. The van der Waals surface area contributed by atoms with Crippen molar-refractivity contribution in [1.29, 1.82) is 0 Å².